The first kappa shape index (κ1) is 16.4. The van der Waals surface area contributed by atoms with Crippen LogP contribution in [0.3, 0.4) is 0 Å². The fourth-order valence-electron chi connectivity index (χ4n) is 1.37. The lowest BCUT2D eigenvalue weighted by Crippen LogP contribution is -2.21. The first-order valence-corrected chi connectivity index (χ1v) is 6.03. The highest BCUT2D eigenvalue weighted by Gasteiger charge is 2.27. The Bertz CT molecular complexity index is 492. The van der Waals surface area contributed by atoms with Gasteiger partial charge in [-0.15, -0.1) is 0 Å². The van der Waals surface area contributed by atoms with Gasteiger partial charge < -0.3 is 15.8 Å². The van der Waals surface area contributed by atoms with Crippen LogP contribution in [-0.4, -0.2) is 30.3 Å². The van der Waals surface area contributed by atoms with Crippen LogP contribution in [0.1, 0.15) is 12.0 Å². The molecule has 110 valence electrons. The quantitative estimate of drug-likeness (QED) is 0.625. The van der Waals surface area contributed by atoms with Crippen molar-refractivity contribution in [1.82, 2.24) is 0 Å². The summed E-state index contributed by atoms with van der Waals surface area (Å²) in [7, 11) is 0. The van der Waals surface area contributed by atoms with E-state index >= 15 is 0 Å². The molecule has 0 aromatic heterocycles. The number of nitrogens with one attached hydrogen (secondary N) is 1. The van der Waals surface area contributed by atoms with Crippen molar-refractivity contribution in [2.24, 2.45) is 5.73 Å². The lowest BCUT2D eigenvalue weighted by Gasteiger charge is -2.10. The second-order valence-electron chi connectivity index (χ2n) is 3.88. The fourth-order valence-corrected chi connectivity index (χ4v) is 1.55. The Morgan fingerprint density at radius 1 is 1.35 bits per heavy atom. The number of thiocarbonyl (C=S) groups is 1. The van der Waals surface area contributed by atoms with Crippen molar-refractivity contribution in [3.8, 4) is 0 Å². The lowest BCUT2D eigenvalue weighted by molar-refractivity contribution is -0.174. The van der Waals surface area contributed by atoms with Crippen LogP contribution >= 0.6 is 12.2 Å². The minimum Gasteiger partial charge on any atom is -0.389 e. The van der Waals surface area contributed by atoms with Gasteiger partial charge in [0.15, 0.2) is 0 Å². The molecule has 1 aromatic carbocycles. The van der Waals surface area contributed by atoms with Crippen LogP contribution in [0.4, 0.5) is 18.9 Å². The van der Waals surface area contributed by atoms with Gasteiger partial charge in [0.2, 0.25) is 5.91 Å². The van der Waals surface area contributed by atoms with E-state index in [1.807, 2.05) is 0 Å². The second-order valence-corrected chi connectivity index (χ2v) is 4.32. The van der Waals surface area contributed by atoms with Crippen LogP contribution in [0, 0.1) is 0 Å². The molecule has 0 fully saturated rings. The third-order valence-electron chi connectivity index (χ3n) is 2.21. The molecular weight excluding hydrogens is 293 g/mol. The van der Waals surface area contributed by atoms with Crippen molar-refractivity contribution in [2.45, 2.75) is 12.6 Å². The summed E-state index contributed by atoms with van der Waals surface area (Å²) in [6.07, 6.45) is -4.59. The first-order chi connectivity index (χ1) is 9.29. The summed E-state index contributed by atoms with van der Waals surface area (Å²) in [5.41, 5.74) is 6.40. The first-order valence-electron chi connectivity index (χ1n) is 5.63. The van der Waals surface area contributed by atoms with E-state index < -0.39 is 18.7 Å². The summed E-state index contributed by atoms with van der Waals surface area (Å²) in [6.45, 7) is -1.69. The minimum atomic E-state index is -4.39. The summed E-state index contributed by atoms with van der Waals surface area (Å²) >= 11 is 4.83. The van der Waals surface area contributed by atoms with Crippen molar-refractivity contribution in [2.75, 3.05) is 18.5 Å². The van der Waals surface area contributed by atoms with E-state index in [0.29, 0.717) is 11.3 Å². The third-order valence-corrected chi connectivity index (χ3v) is 2.43. The second kappa shape index (κ2) is 7.20. The number of carbonyl (C=O) groups excluding carboxylic acids is 1. The van der Waals surface area contributed by atoms with Gasteiger partial charge in [0, 0.05) is 5.56 Å². The van der Waals surface area contributed by atoms with Crippen molar-refractivity contribution in [3.63, 3.8) is 0 Å². The summed E-state index contributed by atoms with van der Waals surface area (Å²) in [6, 6.07) is 6.62. The molecule has 0 aliphatic carbocycles. The molecule has 1 aromatic rings. The number of benzene rings is 1. The largest absolute Gasteiger partial charge is 0.411 e. The standard InChI is InChI=1S/C12H13F3N2O2S/c13-12(14,15)7-19-6-5-10(18)17-9-4-2-1-3-8(9)11(16)20/h1-4H,5-7H2,(H2,16,20)(H,17,18). The van der Waals surface area contributed by atoms with Gasteiger partial charge in [-0.05, 0) is 12.1 Å². The topological polar surface area (TPSA) is 64.3 Å². The van der Waals surface area contributed by atoms with Gasteiger partial charge in [-0.1, -0.05) is 24.4 Å². The molecule has 0 bridgehead atoms. The Labute approximate surface area is 119 Å². The summed E-state index contributed by atoms with van der Waals surface area (Å²) in [5.74, 6) is -0.476. The van der Waals surface area contributed by atoms with Gasteiger partial charge in [0.05, 0.1) is 18.7 Å². The molecule has 0 spiro atoms. The maximum atomic E-state index is 11.8. The molecule has 1 amide bonds. The van der Waals surface area contributed by atoms with Gasteiger partial charge in [-0.2, -0.15) is 13.2 Å². The van der Waals surface area contributed by atoms with Gasteiger partial charge in [-0.25, -0.2) is 0 Å². The Kier molecular flexibility index (Phi) is 5.90. The molecule has 4 nitrogen and oxygen atoms in total. The van der Waals surface area contributed by atoms with Crippen molar-refractivity contribution < 1.29 is 22.7 Å². The zero-order valence-electron chi connectivity index (χ0n) is 10.4. The SMILES string of the molecule is NC(=S)c1ccccc1NC(=O)CCOCC(F)(F)F. The van der Waals surface area contributed by atoms with E-state index in [-0.39, 0.29) is 18.0 Å². The monoisotopic (exact) mass is 306 g/mol. The number of carbonyl (C=O) groups is 1. The Balaban J connectivity index is 2.45. The number of ether oxygens (including phenoxy) is 1. The van der Waals surface area contributed by atoms with Crippen LogP contribution in [-0.2, 0) is 9.53 Å². The zero-order valence-corrected chi connectivity index (χ0v) is 11.2. The van der Waals surface area contributed by atoms with Gasteiger partial charge in [0.1, 0.15) is 11.6 Å². The van der Waals surface area contributed by atoms with Crippen molar-refractivity contribution in [3.05, 3.63) is 29.8 Å². The number of anilines is 1. The molecule has 20 heavy (non-hydrogen) atoms. The number of nitrogens with two attached hydrogens (primary N) is 1. The molecule has 0 atom stereocenters. The minimum absolute atomic E-state index is 0.120. The highest BCUT2D eigenvalue weighted by molar-refractivity contribution is 7.80. The molecule has 0 radical (unpaired) electrons. The predicted molar refractivity (Wildman–Crippen MR) is 72.5 cm³/mol. The lowest BCUT2D eigenvalue weighted by atomic mass is 10.1. The van der Waals surface area contributed by atoms with Crippen molar-refractivity contribution in [1.29, 1.82) is 0 Å². The number of amides is 1. The number of halogens is 3. The van der Waals surface area contributed by atoms with Crippen LogP contribution in [0.2, 0.25) is 0 Å². The van der Waals surface area contributed by atoms with E-state index in [2.05, 4.69) is 10.1 Å². The highest BCUT2D eigenvalue weighted by atomic mass is 32.1. The Morgan fingerprint density at radius 2 is 2.00 bits per heavy atom. The molecule has 0 unspecified atom stereocenters. The van der Waals surface area contributed by atoms with Crippen LogP contribution in [0.5, 0.6) is 0 Å². The average Bonchev–Trinajstić information content (AvgIpc) is 2.34. The smallest absolute Gasteiger partial charge is 0.389 e. The molecule has 3 N–H and O–H groups in total. The number of para-hydroxylation sites is 1. The van der Waals surface area contributed by atoms with Crippen molar-refractivity contribution >= 4 is 28.8 Å². The highest BCUT2D eigenvalue weighted by Crippen LogP contribution is 2.16. The summed E-state index contributed by atoms with van der Waals surface area (Å²) in [4.78, 5) is 11.7. The molecule has 8 heteroatoms. The zero-order chi connectivity index (χ0) is 15.2. The molecule has 0 aliphatic rings. The molecule has 0 aliphatic heterocycles. The third kappa shape index (κ3) is 5.98. The van der Waals surface area contributed by atoms with E-state index in [1.165, 1.54) is 0 Å². The number of alkyl halides is 3. The van der Waals surface area contributed by atoms with Gasteiger partial charge in [0.25, 0.3) is 0 Å². The summed E-state index contributed by atoms with van der Waals surface area (Å²) in [5, 5.41) is 2.52. The molecule has 1 rings (SSSR count). The molecule has 0 saturated carbocycles. The Morgan fingerprint density at radius 3 is 2.60 bits per heavy atom. The van der Waals surface area contributed by atoms with Crippen LogP contribution in [0.15, 0.2) is 24.3 Å². The maximum Gasteiger partial charge on any atom is 0.411 e. The number of rotatable bonds is 6. The maximum absolute atomic E-state index is 11.8. The number of hydrogen-bond donors (Lipinski definition) is 2. The normalized spacial score (nSPS) is 11.2. The van der Waals surface area contributed by atoms with E-state index in [0.717, 1.165) is 0 Å². The Hall–Kier alpha value is -1.67. The van der Waals surface area contributed by atoms with Gasteiger partial charge in [-0.3, -0.25) is 4.79 Å². The summed E-state index contributed by atoms with van der Waals surface area (Å²) < 4.78 is 39.8. The van der Waals surface area contributed by atoms with E-state index in [1.54, 1.807) is 24.3 Å². The van der Waals surface area contributed by atoms with Crippen LogP contribution < -0.4 is 11.1 Å². The average molecular weight is 306 g/mol. The molecule has 0 heterocycles. The molecular formula is C12H13F3N2O2S. The van der Waals surface area contributed by atoms with Gasteiger partial charge >= 0.3 is 6.18 Å². The predicted octanol–water partition coefficient (Wildman–Crippen LogP) is 2.23. The molecule has 0 saturated heterocycles. The van der Waals surface area contributed by atoms with E-state index in [9.17, 15) is 18.0 Å². The number of hydrogen-bond acceptors (Lipinski definition) is 3. The fraction of sp³-hybridized carbons (Fsp3) is 0.333. The van der Waals surface area contributed by atoms with Crippen LogP contribution in [0.25, 0.3) is 0 Å². The van der Waals surface area contributed by atoms with E-state index in [4.69, 9.17) is 18.0 Å².